The second-order valence-corrected chi connectivity index (χ2v) is 11.6. The van der Waals surface area contributed by atoms with Gasteiger partial charge in [-0.25, -0.2) is 15.4 Å². The van der Waals surface area contributed by atoms with E-state index in [1.54, 1.807) is 12.3 Å². The number of piperazine rings is 1. The van der Waals surface area contributed by atoms with Crippen LogP contribution in [0.2, 0.25) is 0 Å². The van der Waals surface area contributed by atoms with Crippen molar-refractivity contribution in [1.82, 2.24) is 24.8 Å². The second kappa shape index (κ2) is 12.2. The van der Waals surface area contributed by atoms with E-state index in [0.29, 0.717) is 35.4 Å². The van der Waals surface area contributed by atoms with E-state index in [-0.39, 0.29) is 31.7 Å². The minimum Gasteiger partial charge on any atom is -0.462 e. The molecule has 3 aromatic rings. The van der Waals surface area contributed by atoms with Gasteiger partial charge in [0.05, 0.1) is 5.52 Å². The Labute approximate surface area is 250 Å². The highest BCUT2D eigenvalue weighted by Gasteiger charge is 2.35. The number of pyridine rings is 1. The number of hydrogen-bond donors (Lipinski definition) is 0. The van der Waals surface area contributed by atoms with Gasteiger partial charge in [-0.1, -0.05) is 6.58 Å². The molecule has 6 rings (SSSR count). The third kappa shape index (κ3) is 5.76. The zero-order valence-electron chi connectivity index (χ0n) is 24.4. The van der Waals surface area contributed by atoms with Crippen molar-refractivity contribution in [2.45, 2.75) is 50.6 Å². The van der Waals surface area contributed by atoms with Crippen molar-refractivity contribution in [3.8, 4) is 17.1 Å². The summed E-state index contributed by atoms with van der Waals surface area (Å²) in [7, 11) is 2.07. The van der Waals surface area contributed by atoms with Crippen LogP contribution in [0.25, 0.3) is 26.9 Å². The molecule has 0 radical (unpaired) electrons. The van der Waals surface area contributed by atoms with Gasteiger partial charge in [0.1, 0.15) is 24.3 Å². The SMILES string of the molecule is [C-]#[N+]C[C@H]1CN(c2nc(OC[C@@H]3CCCN3C)nc3cc(-c4cncc5c4CCCC5)c(F)cc23)CCN1C(=O)C(=C)F. The number of aryl methyl sites for hydroxylation is 1. The van der Waals surface area contributed by atoms with Crippen LogP contribution in [0.1, 0.15) is 36.8 Å². The van der Waals surface area contributed by atoms with Crippen LogP contribution in [0.15, 0.2) is 36.9 Å². The number of likely N-dealkylation sites (N-methyl/N-ethyl adjacent to an activating group) is 1. The molecule has 1 aliphatic carbocycles. The summed E-state index contributed by atoms with van der Waals surface area (Å²) in [6.07, 6.45) is 9.68. The van der Waals surface area contributed by atoms with Crippen molar-refractivity contribution in [1.29, 1.82) is 0 Å². The Kier molecular flexibility index (Phi) is 8.21. The number of rotatable bonds is 7. The normalized spacial score (nSPS) is 20.6. The number of halogens is 2. The summed E-state index contributed by atoms with van der Waals surface area (Å²) in [6.45, 7) is 12.7. The number of aromatic nitrogens is 3. The molecule has 3 aliphatic rings. The molecule has 1 aromatic carbocycles. The van der Waals surface area contributed by atoms with E-state index in [9.17, 15) is 9.18 Å². The summed E-state index contributed by atoms with van der Waals surface area (Å²) >= 11 is 0. The van der Waals surface area contributed by atoms with Gasteiger partial charge in [0.25, 0.3) is 5.91 Å². The number of ether oxygens (including phenoxy) is 1. The lowest BCUT2D eigenvalue weighted by Crippen LogP contribution is -2.56. The van der Waals surface area contributed by atoms with Crippen LogP contribution in [0.4, 0.5) is 14.6 Å². The summed E-state index contributed by atoms with van der Waals surface area (Å²) < 4.78 is 35.9. The maximum Gasteiger partial charge on any atom is 0.319 e. The fourth-order valence-electron chi connectivity index (χ4n) is 6.61. The molecule has 224 valence electrons. The Bertz CT molecular complexity index is 1610. The number of carbonyl (C=O) groups excluding carboxylic acids is 1. The molecule has 0 unspecified atom stereocenters. The molecule has 2 atom stereocenters. The predicted octanol–water partition coefficient (Wildman–Crippen LogP) is 4.60. The van der Waals surface area contributed by atoms with Gasteiger partial charge in [0, 0.05) is 54.6 Å². The Balaban J connectivity index is 1.41. The highest BCUT2D eigenvalue weighted by molar-refractivity contribution is 5.94. The number of fused-ring (bicyclic) bond motifs is 2. The average Bonchev–Trinajstić information content (AvgIpc) is 3.43. The van der Waals surface area contributed by atoms with Crippen LogP contribution in [0, 0.1) is 12.4 Å². The van der Waals surface area contributed by atoms with Crippen LogP contribution < -0.4 is 9.64 Å². The maximum atomic E-state index is 16.0. The Morgan fingerprint density at radius 2 is 1.95 bits per heavy atom. The van der Waals surface area contributed by atoms with Crippen molar-refractivity contribution in [3.63, 3.8) is 0 Å². The minimum absolute atomic E-state index is 0.0134. The molecular formula is C32H35F2N7O2. The first-order chi connectivity index (χ1) is 20.8. The highest BCUT2D eigenvalue weighted by atomic mass is 19.1. The Hall–Kier alpha value is -4.17. The van der Waals surface area contributed by atoms with E-state index in [1.807, 2.05) is 11.1 Å². The van der Waals surface area contributed by atoms with E-state index in [1.165, 1.54) is 11.0 Å². The van der Waals surface area contributed by atoms with E-state index < -0.39 is 23.6 Å². The van der Waals surface area contributed by atoms with Crippen LogP contribution >= 0.6 is 0 Å². The first-order valence-electron chi connectivity index (χ1n) is 14.9. The number of carbonyl (C=O) groups is 1. The monoisotopic (exact) mass is 587 g/mol. The summed E-state index contributed by atoms with van der Waals surface area (Å²) in [5.74, 6) is -1.82. The quantitative estimate of drug-likeness (QED) is 0.295. The van der Waals surface area contributed by atoms with Crippen LogP contribution in [-0.4, -0.2) is 89.1 Å². The standard InChI is InChI=1S/C32H35F2N7O2/c1-20(33)31(42)41-12-11-40(18-23(41)16-35-2)30-26-13-28(34)25(27-17-36-15-21-7-4-5-9-24(21)27)14-29(26)37-32(38-30)43-19-22-8-6-10-39(22)3/h13-15,17,22-23H,1,4-12,16,18-19H2,3H3/t22-,23-/m0/s1. The number of likely N-dealkylation sites (tertiary alicyclic amines) is 1. The fourth-order valence-corrected chi connectivity index (χ4v) is 6.61. The molecule has 9 nitrogen and oxygen atoms in total. The third-order valence-corrected chi connectivity index (χ3v) is 8.96. The molecular weight excluding hydrogens is 552 g/mol. The molecule has 2 aliphatic heterocycles. The number of anilines is 1. The lowest BCUT2D eigenvalue weighted by molar-refractivity contribution is -0.131. The molecule has 0 spiro atoms. The molecule has 11 heteroatoms. The van der Waals surface area contributed by atoms with Crippen molar-refractivity contribution in [2.24, 2.45) is 0 Å². The average molecular weight is 588 g/mol. The second-order valence-electron chi connectivity index (χ2n) is 11.6. The summed E-state index contributed by atoms with van der Waals surface area (Å²) in [5, 5.41) is 0.501. The van der Waals surface area contributed by atoms with Gasteiger partial charge in [0.2, 0.25) is 6.54 Å². The summed E-state index contributed by atoms with van der Waals surface area (Å²) in [6, 6.07) is 3.06. The van der Waals surface area contributed by atoms with Crippen molar-refractivity contribution >= 4 is 22.6 Å². The van der Waals surface area contributed by atoms with E-state index in [0.717, 1.165) is 61.8 Å². The van der Waals surface area contributed by atoms with Crippen LogP contribution in [0.5, 0.6) is 6.01 Å². The number of nitrogens with zero attached hydrogens (tertiary/aromatic N) is 7. The van der Waals surface area contributed by atoms with Crippen molar-refractivity contribution in [2.75, 3.05) is 51.3 Å². The summed E-state index contributed by atoms with van der Waals surface area (Å²) in [5.41, 5.74) is 4.04. The van der Waals surface area contributed by atoms with E-state index in [2.05, 4.69) is 28.4 Å². The van der Waals surface area contributed by atoms with Gasteiger partial charge in [-0.2, -0.15) is 9.97 Å². The fraction of sp³-hybridized carbons (Fsp3) is 0.469. The zero-order chi connectivity index (χ0) is 30.1. The van der Waals surface area contributed by atoms with Gasteiger partial charge in [0.15, 0.2) is 5.83 Å². The molecule has 2 fully saturated rings. The van der Waals surface area contributed by atoms with Crippen LogP contribution in [0.3, 0.4) is 0 Å². The predicted molar refractivity (Wildman–Crippen MR) is 160 cm³/mol. The van der Waals surface area contributed by atoms with Gasteiger partial charge >= 0.3 is 6.01 Å². The van der Waals surface area contributed by atoms with E-state index in [4.69, 9.17) is 21.3 Å². The zero-order valence-corrected chi connectivity index (χ0v) is 24.4. The maximum absolute atomic E-state index is 16.0. The molecule has 2 aromatic heterocycles. The Morgan fingerprint density at radius 3 is 2.72 bits per heavy atom. The molecule has 43 heavy (non-hydrogen) atoms. The first-order valence-corrected chi connectivity index (χ1v) is 14.9. The highest BCUT2D eigenvalue weighted by Crippen LogP contribution is 2.37. The molecule has 0 saturated carbocycles. The lowest BCUT2D eigenvalue weighted by atomic mass is 9.87. The number of benzene rings is 1. The first kappa shape index (κ1) is 28.9. The smallest absolute Gasteiger partial charge is 0.319 e. The van der Waals surface area contributed by atoms with Gasteiger partial charge in [-0.15, -0.1) is 0 Å². The molecule has 0 bridgehead atoms. The lowest BCUT2D eigenvalue weighted by Gasteiger charge is -2.39. The molecule has 2 saturated heterocycles. The molecule has 1 amide bonds. The molecule has 0 N–H and O–H groups in total. The number of hydrogen-bond acceptors (Lipinski definition) is 7. The largest absolute Gasteiger partial charge is 0.462 e. The van der Waals surface area contributed by atoms with Crippen molar-refractivity contribution in [3.05, 3.63) is 65.3 Å². The molecule has 4 heterocycles. The topological polar surface area (TPSA) is 79.1 Å². The van der Waals surface area contributed by atoms with Gasteiger partial charge in [-0.3, -0.25) is 9.78 Å². The van der Waals surface area contributed by atoms with E-state index >= 15 is 4.39 Å². The Morgan fingerprint density at radius 1 is 1.12 bits per heavy atom. The summed E-state index contributed by atoms with van der Waals surface area (Å²) in [4.78, 5) is 35.4. The van der Waals surface area contributed by atoms with Gasteiger partial charge < -0.3 is 24.3 Å². The van der Waals surface area contributed by atoms with Crippen LogP contribution in [-0.2, 0) is 17.6 Å². The number of amides is 1. The minimum atomic E-state index is -1.06. The van der Waals surface area contributed by atoms with Gasteiger partial charge in [-0.05, 0) is 75.4 Å². The van der Waals surface area contributed by atoms with Crippen molar-refractivity contribution < 1.29 is 18.3 Å². The third-order valence-electron chi connectivity index (χ3n) is 8.96.